The van der Waals surface area contributed by atoms with Crippen molar-refractivity contribution in [2.75, 3.05) is 0 Å². The SMILES string of the molecule is [2H]C1=Cc2c(O)c(O)c(O)c(O)c2OC1c1ccc(O)cc1. The van der Waals surface area contributed by atoms with E-state index in [4.69, 9.17) is 6.11 Å². The highest BCUT2D eigenvalue weighted by atomic mass is 16.5. The van der Waals surface area contributed by atoms with Crippen LogP contribution in [0.25, 0.3) is 6.08 Å². The van der Waals surface area contributed by atoms with Gasteiger partial charge >= 0.3 is 0 Å². The first-order valence-corrected chi connectivity index (χ1v) is 6.03. The third-order valence-corrected chi connectivity index (χ3v) is 3.20. The Bertz CT molecular complexity index is 782. The van der Waals surface area contributed by atoms with Crippen LogP contribution in [0.5, 0.6) is 34.5 Å². The summed E-state index contributed by atoms with van der Waals surface area (Å²) >= 11 is 0. The molecule has 1 aliphatic heterocycles. The lowest BCUT2D eigenvalue weighted by Gasteiger charge is -2.24. The van der Waals surface area contributed by atoms with E-state index in [1.54, 1.807) is 12.1 Å². The topological polar surface area (TPSA) is 110 Å². The normalized spacial score (nSPS) is 17.4. The Morgan fingerprint density at radius 2 is 1.48 bits per heavy atom. The average molecular weight is 289 g/mol. The van der Waals surface area contributed by atoms with Gasteiger partial charge in [-0.15, -0.1) is 0 Å². The molecule has 0 saturated heterocycles. The average Bonchev–Trinajstić information content (AvgIpc) is 2.51. The van der Waals surface area contributed by atoms with E-state index in [1.165, 1.54) is 18.2 Å². The third kappa shape index (κ3) is 1.97. The quantitative estimate of drug-likeness (QED) is 0.407. The second-order valence-corrected chi connectivity index (χ2v) is 4.54. The standard InChI is InChI=1S/C15H12O6/c16-8-3-1-7(2-4-8)10-6-5-9-11(17)12(18)13(19)14(20)15(9)21-10/h1-6,10,16-20H/i6D. The van der Waals surface area contributed by atoms with Crippen molar-refractivity contribution in [1.82, 2.24) is 0 Å². The van der Waals surface area contributed by atoms with Gasteiger partial charge in [0, 0.05) is 0 Å². The van der Waals surface area contributed by atoms with E-state index in [2.05, 4.69) is 0 Å². The van der Waals surface area contributed by atoms with Crippen LogP contribution in [0.4, 0.5) is 0 Å². The summed E-state index contributed by atoms with van der Waals surface area (Å²) in [7, 11) is 0. The number of aromatic hydroxyl groups is 5. The van der Waals surface area contributed by atoms with Gasteiger partial charge in [-0.2, -0.15) is 0 Å². The summed E-state index contributed by atoms with van der Waals surface area (Å²) in [6.07, 6.45) is 0.340. The van der Waals surface area contributed by atoms with E-state index >= 15 is 0 Å². The van der Waals surface area contributed by atoms with E-state index in [9.17, 15) is 25.5 Å². The highest BCUT2D eigenvalue weighted by Gasteiger charge is 2.28. The molecule has 0 radical (unpaired) electrons. The second kappa shape index (κ2) is 4.52. The lowest BCUT2D eigenvalue weighted by Crippen LogP contribution is -2.09. The van der Waals surface area contributed by atoms with Crippen LogP contribution in [0.2, 0.25) is 0 Å². The largest absolute Gasteiger partial charge is 0.508 e. The Kier molecular flexibility index (Phi) is 2.53. The number of hydrogen-bond acceptors (Lipinski definition) is 6. The summed E-state index contributed by atoms with van der Waals surface area (Å²) in [5.74, 6) is -3.37. The lowest BCUT2D eigenvalue weighted by molar-refractivity contribution is 0.232. The van der Waals surface area contributed by atoms with Crippen molar-refractivity contribution in [3.63, 3.8) is 0 Å². The number of hydrogen-bond donors (Lipinski definition) is 5. The molecule has 0 aliphatic carbocycles. The number of phenolic OH excluding ortho intramolecular Hbond substituents is 5. The van der Waals surface area contributed by atoms with Crippen LogP contribution in [0.3, 0.4) is 0 Å². The number of rotatable bonds is 1. The van der Waals surface area contributed by atoms with Crippen LogP contribution in [0, 0.1) is 0 Å². The van der Waals surface area contributed by atoms with Crippen LogP contribution in [-0.2, 0) is 0 Å². The number of phenols is 5. The molecule has 1 unspecified atom stereocenters. The van der Waals surface area contributed by atoms with Crippen LogP contribution >= 0.6 is 0 Å². The minimum atomic E-state index is -0.900. The molecule has 0 bridgehead atoms. The molecule has 21 heavy (non-hydrogen) atoms. The van der Waals surface area contributed by atoms with Crippen LogP contribution in [0.15, 0.2) is 30.3 Å². The van der Waals surface area contributed by atoms with Crippen LogP contribution in [-0.4, -0.2) is 25.5 Å². The molecular formula is C15H12O6. The number of ether oxygens (including phenoxy) is 1. The molecule has 1 aliphatic rings. The maximum absolute atomic E-state index is 9.87. The van der Waals surface area contributed by atoms with Gasteiger partial charge < -0.3 is 30.3 Å². The van der Waals surface area contributed by atoms with Crippen LogP contribution < -0.4 is 4.74 Å². The lowest BCUT2D eigenvalue weighted by atomic mass is 10.0. The highest BCUT2D eigenvalue weighted by molar-refractivity contribution is 5.78. The Morgan fingerprint density at radius 3 is 2.14 bits per heavy atom. The fourth-order valence-corrected chi connectivity index (χ4v) is 2.07. The minimum Gasteiger partial charge on any atom is -0.508 e. The molecule has 108 valence electrons. The van der Waals surface area contributed by atoms with Gasteiger partial charge in [-0.3, -0.25) is 0 Å². The molecule has 5 N–H and O–H groups in total. The maximum Gasteiger partial charge on any atom is 0.208 e. The molecule has 0 aromatic heterocycles. The van der Waals surface area contributed by atoms with Crippen molar-refractivity contribution in [3.8, 4) is 34.5 Å². The van der Waals surface area contributed by atoms with E-state index < -0.39 is 29.1 Å². The maximum atomic E-state index is 9.87. The molecule has 6 nitrogen and oxygen atoms in total. The fourth-order valence-electron chi connectivity index (χ4n) is 2.07. The van der Waals surface area contributed by atoms with Gasteiger partial charge in [-0.1, -0.05) is 12.1 Å². The molecule has 0 spiro atoms. The summed E-state index contributed by atoms with van der Waals surface area (Å²) in [5.41, 5.74) is 0.448. The van der Waals surface area contributed by atoms with Gasteiger partial charge in [0.05, 0.1) is 6.93 Å². The first-order valence-electron chi connectivity index (χ1n) is 6.53. The first kappa shape index (κ1) is 11.8. The van der Waals surface area contributed by atoms with Gasteiger partial charge in [0.15, 0.2) is 11.5 Å². The molecule has 2 aromatic rings. The number of benzene rings is 2. The number of fused-ring (bicyclic) bond motifs is 1. The first-order chi connectivity index (χ1) is 10.4. The molecule has 1 heterocycles. The molecule has 2 aromatic carbocycles. The zero-order valence-corrected chi connectivity index (χ0v) is 10.6. The zero-order chi connectivity index (χ0) is 16.0. The summed E-state index contributed by atoms with van der Waals surface area (Å²) in [4.78, 5) is 0. The predicted molar refractivity (Wildman–Crippen MR) is 73.6 cm³/mol. The van der Waals surface area contributed by atoms with Gasteiger partial charge in [0.1, 0.15) is 11.9 Å². The van der Waals surface area contributed by atoms with Crippen LogP contribution in [0.1, 0.15) is 18.6 Å². The fraction of sp³-hybridized carbons (Fsp3) is 0.0667. The van der Waals surface area contributed by atoms with Crippen molar-refractivity contribution in [2.24, 2.45) is 0 Å². The van der Waals surface area contributed by atoms with Gasteiger partial charge in [-0.25, -0.2) is 0 Å². The molecule has 0 saturated carbocycles. The van der Waals surface area contributed by atoms with Gasteiger partial charge in [0.25, 0.3) is 0 Å². The predicted octanol–water partition coefficient (Wildman–Crippen LogP) is 2.36. The summed E-state index contributed by atoms with van der Waals surface area (Å²) in [6.45, 7) is 0. The molecular weight excluding hydrogens is 276 g/mol. The van der Waals surface area contributed by atoms with Gasteiger partial charge in [-0.05, 0) is 29.8 Å². The van der Waals surface area contributed by atoms with E-state index in [-0.39, 0.29) is 23.1 Å². The molecule has 1 atom stereocenters. The molecule has 3 rings (SSSR count). The summed E-state index contributed by atoms with van der Waals surface area (Å²) in [6, 6.07) is 5.91. The van der Waals surface area contributed by atoms with Crippen molar-refractivity contribution in [3.05, 3.63) is 41.4 Å². The zero-order valence-electron chi connectivity index (χ0n) is 11.6. The van der Waals surface area contributed by atoms with E-state index in [0.29, 0.717) is 5.56 Å². The Morgan fingerprint density at radius 1 is 0.857 bits per heavy atom. The van der Waals surface area contributed by atoms with Crippen molar-refractivity contribution < 1.29 is 31.6 Å². The summed E-state index contributed by atoms with van der Waals surface area (Å²) < 4.78 is 13.5. The second-order valence-electron chi connectivity index (χ2n) is 4.54. The molecule has 0 fully saturated rings. The highest BCUT2D eigenvalue weighted by Crippen LogP contribution is 2.54. The third-order valence-electron chi connectivity index (χ3n) is 3.20. The summed E-state index contributed by atoms with van der Waals surface area (Å²) in [5, 5.41) is 48.0. The Balaban J connectivity index is 2.13. The van der Waals surface area contributed by atoms with Crippen molar-refractivity contribution in [2.45, 2.75) is 6.10 Å². The smallest absolute Gasteiger partial charge is 0.208 e. The van der Waals surface area contributed by atoms with E-state index in [1.807, 2.05) is 0 Å². The van der Waals surface area contributed by atoms with Crippen molar-refractivity contribution in [1.29, 1.82) is 0 Å². The Hall–Kier alpha value is -3.02. The molecule has 6 heteroatoms. The minimum absolute atomic E-state index is 0.0296. The van der Waals surface area contributed by atoms with E-state index in [0.717, 1.165) is 0 Å². The van der Waals surface area contributed by atoms with Gasteiger partial charge in [0.2, 0.25) is 17.2 Å². The Labute approximate surface area is 120 Å². The van der Waals surface area contributed by atoms with Crippen molar-refractivity contribution >= 4 is 6.08 Å². The molecule has 0 amide bonds. The monoisotopic (exact) mass is 289 g/mol.